The van der Waals surface area contributed by atoms with Crippen molar-refractivity contribution >= 4 is 35.6 Å². The topological polar surface area (TPSA) is 88.6 Å². The average molecular weight is 484 g/mol. The number of nitrogens with one attached hydrogen (secondary N) is 1. The maximum absolute atomic E-state index is 10.7. The second-order valence-electron chi connectivity index (χ2n) is 6.79. The molecule has 1 aromatic heterocycles. The summed E-state index contributed by atoms with van der Waals surface area (Å²) in [5.74, 6) is 0.853. The number of hydrogen-bond donors (Lipinski definition) is 1. The molecule has 0 amide bonds. The van der Waals surface area contributed by atoms with Crippen LogP contribution in [0.4, 0.5) is 5.69 Å². The number of guanidine groups is 1. The Kier molecular flexibility index (Phi) is 7.17. The molecule has 0 saturated carbocycles. The van der Waals surface area contributed by atoms with Gasteiger partial charge in [-0.05, 0) is 12.0 Å². The first-order valence-corrected chi connectivity index (χ1v) is 8.70. The highest BCUT2D eigenvalue weighted by atomic mass is 127. The molecule has 0 radical (unpaired) electrons. The van der Waals surface area contributed by atoms with E-state index in [1.807, 2.05) is 6.07 Å². The van der Waals surface area contributed by atoms with Gasteiger partial charge < -0.3 is 10.2 Å². The predicted octanol–water partition coefficient (Wildman–Crippen LogP) is 2.65. The van der Waals surface area contributed by atoms with Crippen LogP contribution in [0.5, 0.6) is 0 Å². The van der Waals surface area contributed by atoms with Crippen LogP contribution in [0.25, 0.3) is 0 Å². The number of aliphatic imine (C=N–C) groups is 1. The molecule has 9 heteroatoms. The molecule has 27 heavy (non-hydrogen) atoms. The van der Waals surface area contributed by atoms with Gasteiger partial charge in [0.15, 0.2) is 5.96 Å². The van der Waals surface area contributed by atoms with Crippen LogP contribution >= 0.6 is 24.0 Å². The van der Waals surface area contributed by atoms with Gasteiger partial charge in [0.25, 0.3) is 0 Å². The van der Waals surface area contributed by atoms with Gasteiger partial charge in [0.05, 0.1) is 11.5 Å². The van der Waals surface area contributed by atoms with Crippen LogP contribution in [0.15, 0.2) is 47.7 Å². The predicted molar refractivity (Wildman–Crippen MR) is 116 cm³/mol. The van der Waals surface area contributed by atoms with Crippen molar-refractivity contribution in [1.82, 2.24) is 20.0 Å². The highest BCUT2D eigenvalue weighted by molar-refractivity contribution is 14.0. The van der Waals surface area contributed by atoms with Crippen LogP contribution in [-0.2, 0) is 12.0 Å². The molecule has 8 nitrogen and oxygen atoms in total. The average Bonchev–Trinajstić information content (AvgIpc) is 3.27. The molecular formula is C18H25IN6O2. The van der Waals surface area contributed by atoms with Gasteiger partial charge in [-0.1, -0.05) is 37.3 Å². The number of nitro groups is 1. The first-order chi connectivity index (χ1) is 12.5. The minimum atomic E-state index is -0.440. The van der Waals surface area contributed by atoms with Crippen molar-refractivity contribution in [2.24, 2.45) is 4.99 Å². The SMILES string of the molecule is CN=C(NCCn1cc([N+](=O)[O-])cn1)N1CCC(C)(c2ccccc2)C1.I. The van der Waals surface area contributed by atoms with Gasteiger partial charge in [-0.2, -0.15) is 5.10 Å². The summed E-state index contributed by atoms with van der Waals surface area (Å²) in [6.07, 6.45) is 3.77. The Labute approximate surface area is 175 Å². The van der Waals surface area contributed by atoms with Crippen LogP contribution in [0.2, 0.25) is 0 Å². The highest BCUT2D eigenvalue weighted by Gasteiger charge is 2.36. The Morgan fingerprint density at radius 3 is 2.78 bits per heavy atom. The molecule has 146 valence electrons. The lowest BCUT2D eigenvalue weighted by atomic mass is 9.82. The lowest BCUT2D eigenvalue weighted by Crippen LogP contribution is -2.42. The van der Waals surface area contributed by atoms with Crippen molar-refractivity contribution in [3.05, 3.63) is 58.4 Å². The molecule has 0 bridgehead atoms. The summed E-state index contributed by atoms with van der Waals surface area (Å²) in [6.45, 7) is 5.28. The van der Waals surface area contributed by atoms with Crippen LogP contribution in [0.3, 0.4) is 0 Å². The van der Waals surface area contributed by atoms with Gasteiger partial charge in [-0.3, -0.25) is 19.8 Å². The second-order valence-corrected chi connectivity index (χ2v) is 6.79. The molecule has 2 aromatic rings. The van der Waals surface area contributed by atoms with E-state index in [1.165, 1.54) is 18.0 Å². The van der Waals surface area contributed by atoms with Crippen LogP contribution in [0, 0.1) is 10.1 Å². The molecule has 1 unspecified atom stereocenters. The zero-order valence-electron chi connectivity index (χ0n) is 15.5. The molecule has 1 aliphatic rings. The number of aromatic nitrogens is 2. The van der Waals surface area contributed by atoms with Crippen molar-refractivity contribution < 1.29 is 4.92 Å². The summed E-state index contributed by atoms with van der Waals surface area (Å²) in [5, 5.41) is 18.0. The summed E-state index contributed by atoms with van der Waals surface area (Å²) in [4.78, 5) is 16.9. The Hall–Kier alpha value is -2.17. The molecule has 2 heterocycles. The molecule has 1 aromatic carbocycles. The van der Waals surface area contributed by atoms with E-state index < -0.39 is 4.92 Å². The number of likely N-dealkylation sites (tertiary alicyclic amines) is 1. The Morgan fingerprint density at radius 2 is 2.15 bits per heavy atom. The van der Waals surface area contributed by atoms with Crippen LogP contribution in [-0.4, -0.2) is 52.2 Å². The third-order valence-electron chi connectivity index (χ3n) is 4.91. The normalized spacial score (nSPS) is 19.6. The van der Waals surface area contributed by atoms with Crippen molar-refractivity contribution in [2.45, 2.75) is 25.3 Å². The summed E-state index contributed by atoms with van der Waals surface area (Å²) < 4.78 is 1.57. The largest absolute Gasteiger partial charge is 0.354 e. The molecule has 0 aliphatic carbocycles. The van der Waals surface area contributed by atoms with Crippen LogP contribution < -0.4 is 5.32 Å². The Morgan fingerprint density at radius 1 is 1.41 bits per heavy atom. The van der Waals surface area contributed by atoms with Gasteiger partial charge in [0, 0.05) is 32.1 Å². The number of nitrogens with zero attached hydrogens (tertiary/aromatic N) is 5. The Balaban J connectivity index is 0.00000261. The fraction of sp³-hybridized carbons (Fsp3) is 0.444. The molecule has 0 spiro atoms. The summed E-state index contributed by atoms with van der Waals surface area (Å²) in [6, 6.07) is 10.6. The minimum Gasteiger partial charge on any atom is -0.354 e. The van der Waals surface area contributed by atoms with Gasteiger partial charge in [0.1, 0.15) is 12.4 Å². The summed E-state index contributed by atoms with van der Waals surface area (Å²) >= 11 is 0. The van der Waals surface area contributed by atoms with Crippen molar-refractivity contribution in [3.8, 4) is 0 Å². The lowest BCUT2D eigenvalue weighted by Gasteiger charge is -2.27. The highest BCUT2D eigenvalue weighted by Crippen LogP contribution is 2.33. The van der Waals surface area contributed by atoms with Crippen molar-refractivity contribution in [2.75, 3.05) is 26.7 Å². The zero-order chi connectivity index (χ0) is 18.6. The van der Waals surface area contributed by atoms with E-state index in [0.717, 1.165) is 25.5 Å². The zero-order valence-corrected chi connectivity index (χ0v) is 17.9. The summed E-state index contributed by atoms with van der Waals surface area (Å²) in [7, 11) is 1.78. The minimum absolute atomic E-state index is 0. The fourth-order valence-corrected chi connectivity index (χ4v) is 3.40. The lowest BCUT2D eigenvalue weighted by molar-refractivity contribution is -0.385. The second kappa shape index (κ2) is 9.16. The van der Waals surface area contributed by atoms with E-state index in [9.17, 15) is 10.1 Å². The quantitative estimate of drug-likeness (QED) is 0.232. The van der Waals surface area contributed by atoms with Crippen molar-refractivity contribution in [3.63, 3.8) is 0 Å². The molecule has 1 atom stereocenters. The van der Waals surface area contributed by atoms with Crippen LogP contribution in [0.1, 0.15) is 18.9 Å². The first kappa shape index (κ1) is 21.1. The van der Waals surface area contributed by atoms with Gasteiger partial charge in [-0.25, -0.2) is 0 Å². The molecule has 1 saturated heterocycles. The number of benzene rings is 1. The van der Waals surface area contributed by atoms with Gasteiger partial charge in [-0.15, -0.1) is 24.0 Å². The Bertz CT molecular complexity index is 794. The van der Waals surface area contributed by atoms with E-state index >= 15 is 0 Å². The third-order valence-corrected chi connectivity index (χ3v) is 4.91. The number of hydrogen-bond acceptors (Lipinski definition) is 4. The van der Waals surface area contributed by atoms with E-state index in [2.05, 4.69) is 51.5 Å². The first-order valence-electron chi connectivity index (χ1n) is 8.70. The standard InChI is InChI=1S/C18H24N6O2.HI/c1-18(15-6-4-3-5-7-15)8-10-22(14-18)17(19-2)20-9-11-23-13-16(12-21-23)24(25)26;/h3-7,12-13H,8-11,14H2,1-2H3,(H,19,20);1H. The molecule has 1 fully saturated rings. The smallest absolute Gasteiger partial charge is 0.306 e. The fourth-order valence-electron chi connectivity index (χ4n) is 3.40. The molecule has 3 rings (SSSR count). The molecular weight excluding hydrogens is 459 g/mol. The maximum atomic E-state index is 10.7. The van der Waals surface area contributed by atoms with E-state index in [0.29, 0.717) is 13.1 Å². The van der Waals surface area contributed by atoms with Crippen molar-refractivity contribution in [1.29, 1.82) is 0 Å². The van der Waals surface area contributed by atoms with Gasteiger partial charge >= 0.3 is 5.69 Å². The van der Waals surface area contributed by atoms with E-state index in [1.54, 1.807) is 11.7 Å². The third kappa shape index (κ3) is 4.96. The molecule has 1 aliphatic heterocycles. The number of rotatable bonds is 5. The van der Waals surface area contributed by atoms with Gasteiger partial charge in [0.2, 0.25) is 0 Å². The maximum Gasteiger partial charge on any atom is 0.306 e. The summed E-state index contributed by atoms with van der Waals surface area (Å²) in [5.41, 5.74) is 1.47. The monoisotopic (exact) mass is 484 g/mol. The molecule has 1 N–H and O–H groups in total. The number of halogens is 1. The van der Waals surface area contributed by atoms with E-state index in [4.69, 9.17) is 0 Å². The van der Waals surface area contributed by atoms with E-state index in [-0.39, 0.29) is 35.1 Å².